The van der Waals surface area contributed by atoms with Crippen LogP contribution in [0.15, 0.2) is 30.5 Å². The van der Waals surface area contributed by atoms with Crippen LogP contribution in [0, 0.1) is 20.8 Å². The van der Waals surface area contributed by atoms with Gasteiger partial charge in [0.05, 0.1) is 0 Å². The molecule has 0 atom stereocenters. The second-order valence-electron chi connectivity index (χ2n) is 5.79. The third kappa shape index (κ3) is 4.05. The predicted molar refractivity (Wildman–Crippen MR) is 86.9 cm³/mol. The predicted octanol–water partition coefficient (Wildman–Crippen LogP) is 4.30. The lowest BCUT2D eigenvalue weighted by Crippen LogP contribution is -2.21. The Kier molecular flexibility index (Phi) is 4.97. The molecule has 21 heavy (non-hydrogen) atoms. The van der Waals surface area contributed by atoms with Gasteiger partial charge in [0.1, 0.15) is 5.75 Å². The van der Waals surface area contributed by atoms with Crippen molar-refractivity contribution < 1.29 is 4.74 Å². The van der Waals surface area contributed by atoms with Crippen molar-refractivity contribution in [1.82, 2.24) is 10.3 Å². The number of nitrogens with one attached hydrogen (secondary N) is 1. The molecule has 112 valence electrons. The SMILES string of the molecule is Cc1ccc(C)c(Oc2cc(CNC(C)C)ccn2)c1C. The zero-order valence-corrected chi connectivity index (χ0v) is 13.5. The summed E-state index contributed by atoms with van der Waals surface area (Å²) in [6, 6.07) is 8.67. The fourth-order valence-electron chi connectivity index (χ4n) is 2.13. The van der Waals surface area contributed by atoms with Crippen molar-refractivity contribution in [3.63, 3.8) is 0 Å². The zero-order chi connectivity index (χ0) is 15.4. The van der Waals surface area contributed by atoms with Gasteiger partial charge in [0, 0.05) is 24.8 Å². The average molecular weight is 284 g/mol. The lowest BCUT2D eigenvalue weighted by molar-refractivity contribution is 0.454. The van der Waals surface area contributed by atoms with Gasteiger partial charge >= 0.3 is 0 Å². The molecule has 3 nitrogen and oxygen atoms in total. The van der Waals surface area contributed by atoms with E-state index in [0.717, 1.165) is 17.9 Å². The fourth-order valence-corrected chi connectivity index (χ4v) is 2.13. The highest BCUT2D eigenvalue weighted by atomic mass is 16.5. The smallest absolute Gasteiger partial charge is 0.219 e. The van der Waals surface area contributed by atoms with Crippen molar-refractivity contribution in [2.75, 3.05) is 0 Å². The molecule has 0 unspecified atom stereocenters. The molecule has 0 radical (unpaired) electrons. The molecule has 0 saturated carbocycles. The number of hydrogen-bond acceptors (Lipinski definition) is 3. The topological polar surface area (TPSA) is 34.1 Å². The molecule has 0 aliphatic carbocycles. The fraction of sp³-hybridized carbons (Fsp3) is 0.389. The molecule has 1 heterocycles. The molecule has 0 aliphatic heterocycles. The number of pyridine rings is 1. The van der Waals surface area contributed by atoms with Crippen molar-refractivity contribution in [3.05, 3.63) is 52.7 Å². The Bertz CT molecular complexity index is 621. The Hall–Kier alpha value is -1.87. The minimum Gasteiger partial charge on any atom is -0.438 e. The second-order valence-corrected chi connectivity index (χ2v) is 5.79. The summed E-state index contributed by atoms with van der Waals surface area (Å²) >= 11 is 0. The lowest BCUT2D eigenvalue weighted by atomic mass is 10.1. The highest BCUT2D eigenvalue weighted by molar-refractivity contribution is 5.46. The van der Waals surface area contributed by atoms with E-state index in [1.807, 2.05) is 12.1 Å². The maximum absolute atomic E-state index is 6.03. The van der Waals surface area contributed by atoms with Gasteiger partial charge in [-0.1, -0.05) is 26.0 Å². The number of hydrogen-bond donors (Lipinski definition) is 1. The van der Waals surface area contributed by atoms with Crippen LogP contribution in [0.2, 0.25) is 0 Å². The van der Waals surface area contributed by atoms with Gasteiger partial charge in [-0.2, -0.15) is 0 Å². The molecule has 0 saturated heterocycles. The van der Waals surface area contributed by atoms with Crippen LogP contribution < -0.4 is 10.1 Å². The van der Waals surface area contributed by atoms with Crippen molar-refractivity contribution in [1.29, 1.82) is 0 Å². The van der Waals surface area contributed by atoms with Gasteiger partial charge in [0.2, 0.25) is 5.88 Å². The average Bonchev–Trinajstić information content (AvgIpc) is 2.46. The molecule has 1 aromatic carbocycles. The Morgan fingerprint density at radius 2 is 1.81 bits per heavy atom. The molecular weight excluding hydrogens is 260 g/mol. The summed E-state index contributed by atoms with van der Waals surface area (Å²) in [5.74, 6) is 1.56. The molecule has 3 heteroatoms. The molecule has 1 N–H and O–H groups in total. The van der Waals surface area contributed by atoms with E-state index in [4.69, 9.17) is 4.74 Å². The van der Waals surface area contributed by atoms with Gasteiger partial charge in [0.15, 0.2) is 0 Å². The van der Waals surface area contributed by atoms with Gasteiger partial charge < -0.3 is 10.1 Å². The molecule has 0 amide bonds. The number of rotatable bonds is 5. The number of aromatic nitrogens is 1. The minimum absolute atomic E-state index is 0.462. The largest absolute Gasteiger partial charge is 0.438 e. The monoisotopic (exact) mass is 284 g/mol. The van der Waals surface area contributed by atoms with Crippen LogP contribution in [0.3, 0.4) is 0 Å². The third-order valence-corrected chi connectivity index (χ3v) is 3.59. The van der Waals surface area contributed by atoms with Gasteiger partial charge in [-0.05, 0) is 49.1 Å². The first kappa shape index (κ1) is 15.5. The van der Waals surface area contributed by atoms with Crippen LogP contribution in [0.5, 0.6) is 11.6 Å². The Morgan fingerprint density at radius 1 is 1.10 bits per heavy atom. The van der Waals surface area contributed by atoms with Crippen LogP contribution in [-0.2, 0) is 6.54 Å². The summed E-state index contributed by atoms with van der Waals surface area (Å²) in [5.41, 5.74) is 4.71. The van der Waals surface area contributed by atoms with Crippen LogP contribution >= 0.6 is 0 Å². The molecule has 0 bridgehead atoms. The Balaban J connectivity index is 2.20. The van der Waals surface area contributed by atoms with Crippen molar-refractivity contribution in [3.8, 4) is 11.6 Å². The van der Waals surface area contributed by atoms with E-state index in [9.17, 15) is 0 Å². The molecular formula is C18H24N2O. The van der Waals surface area contributed by atoms with Gasteiger partial charge in [-0.3, -0.25) is 0 Å². The van der Waals surface area contributed by atoms with E-state index in [1.165, 1.54) is 16.7 Å². The molecule has 0 fully saturated rings. The van der Waals surface area contributed by atoms with E-state index >= 15 is 0 Å². The third-order valence-electron chi connectivity index (χ3n) is 3.59. The summed E-state index contributed by atoms with van der Waals surface area (Å²) in [5, 5.41) is 3.40. The highest BCUT2D eigenvalue weighted by Gasteiger charge is 2.09. The van der Waals surface area contributed by atoms with Crippen LogP contribution in [0.4, 0.5) is 0 Å². The van der Waals surface area contributed by atoms with Crippen molar-refractivity contribution in [2.24, 2.45) is 0 Å². The van der Waals surface area contributed by atoms with Gasteiger partial charge in [0.25, 0.3) is 0 Å². The molecule has 2 rings (SSSR count). The summed E-state index contributed by atoms with van der Waals surface area (Å²) in [6.07, 6.45) is 1.80. The lowest BCUT2D eigenvalue weighted by Gasteiger charge is -2.14. The standard InChI is InChI=1S/C18H24N2O/c1-12(2)20-11-16-8-9-19-17(10-16)21-18-14(4)7-6-13(3)15(18)5/h6-10,12,20H,11H2,1-5H3. The van der Waals surface area contributed by atoms with E-state index in [-0.39, 0.29) is 0 Å². The number of ether oxygens (including phenoxy) is 1. The Morgan fingerprint density at radius 3 is 2.52 bits per heavy atom. The molecule has 1 aromatic heterocycles. The summed E-state index contributed by atoms with van der Waals surface area (Å²) in [7, 11) is 0. The first-order chi connectivity index (χ1) is 9.97. The van der Waals surface area contributed by atoms with Gasteiger partial charge in [-0.15, -0.1) is 0 Å². The summed E-state index contributed by atoms with van der Waals surface area (Å²) in [4.78, 5) is 4.32. The first-order valence-electron chi connectivity index (χ1n) is 7.40. The minimum atomic E-state index is 0.462. The molecule has 0 aliphatic rings. The number of nitrogens with zero attached hydrogens (tertiary/aromatic N) is 1. The highest BCUT2D eigenvalue weighted by Crippen LogP contribution is 2.29. The van der Waals surface area contributed by atoms with E-state index in [2.05, 4.69) is 57.1 Å². The van der Waals surface area contributed by atoms with Crippen LogP contribution in [0.1, 0.15) is 36.1 Å². The van der Waals surface area contributed by atoms with E-state index < -0.39 is 0 Å². The quantitative estimate of drug-likeness (QED) is 0.889. The Labute approximate surface area is 127 Å². The normalized spacial score (nSPS) is 11.0. The van der Waals surface area contributed by atoms with Crippen molar-refractivity contribution >= 4 is 0 Å². The molecule has 2 aromatic rings. The van der Waals surface area contributed by atoms with E-state index in [1.54, 1.807) is 6.20 Å². The van der Waals surface area contributed by atoms with Gasteiger partial charge in [-0.25, -0.2) is 4.98 Å². The number of benzene rings is 1. The number of aryl methyl sites for hydroxylation is 2. The van der Waals surface area contributed by atoms with Crippen molar-refractivity contribution in [2.45, 2.75) is 47.2 Å². The second kappa shape index (κ2) is 6.72. The zero-order valence-electron chi connectivity index (χ0n) is 13.5. The van der Waals surface area contributed by atoms with E-state index in [0.29, 0.717) is 11.9 Å². The summed E-state index contributed by atoms with van der Waals surface area (Å²) < 4.78 is 6.03. The maximum Gasteiger partial charge on any atom is 0.219 e. The first-order valence-corrected chi connectivity index (χ1v) is 7.40. The van der Waals surface area contributed by atoms with Crippen LogP contribution in [-0.4, -0.2) is 11.0 Å². The summed E-state index contributed by atoms with van der Waals surface area (Å²) in [6.45, 7) is 11.3. The maximum atomic E-state index is 6.03. The molecule has 0 spiro atoms. The van der Waals surface area contributed by atoms with Crippen LogP contribution in [0.25, 0.3) is 0 Å².